The third-order valence-electron chi connectivity index (χ3n) is 10.6. The molecule has 4 nitrogen and oxygen atoms in total. The van der Waals surface area contributed by atoms with Crippen LogP contribution in [-0.2, 0) is 0 Å². The zero-order valence-electron chi connectivity index (χ0n) is 30.1. The molecule has 0 amide bonds. The quantitative estimate of drug-likeness (QED) is 0.171. The Morgan fingerprint density at radius 1 is 0.429 bits per heavy atom. The summed E-state index contributed by atoms with van der Waals surface area (Å²) < 4.78 is 9.31. The Morgan fingerprint density at radius 3 is 1.89 bits per heavy atom. The van der Waals surface area contributed by atoms with Gasteiger partial charge >= 0.3 is 0 Å². The average molecular weight is 734 g/mol. The van der Waals surface area contributed by atoms with Crippen molar-refractivity contribution >= 4 is 53.4 Å². The molecule has 0 N–H and O–H groups in total. The Kier molecular flexibility index (Phi) is 7.64. The van der Waals surface area contributed by atoms with Crippen LogP contribution in [0.5, 0.6) is 0 Å². The molecule has 0 fully saturated rings. The molecule has 0 spiro atoms. The first-order chi connectivity index (χ1) is 27.8. The standard InChI is InChI=1S/C51H31N3OS/c1-2-12-33(13-3-1)44-30-45(54-51(53-44)42-17-5-4-15-36(42)35-14-11-29-52-31-35)34-25-23-32(24-26-34)37-27-28-39(49-48(37)43-18-6-8-21-46(43)55-49)41-20-10-19-40-38-16-7-9-22-47(38)56-50(40)41/h1-31H. The van der Waals surface area contributed by atoms with Crippen molar-refractivity contribution in [2.45, 2.75) is 0 Å². The Hall–Kier alpha value is -7.21. The van der Waals surface area contributed by atoms with Gasteiger partial charge in [0.05, 0.1) is 11.4 Å². The monoisotopic (exact) mass is 733 g/mol. The van der Waals surface area contributed by atoms with E-state index >= 15 is 0 Å². The van der Waals surface area contributed by atoms with Crippen LogP contribution < -0.4 is 0 Å². The van der Waals surface area contributed by atoms with Crippen molar-refractivity contribution in [1.29, 1.82) is 0 Å². The number of hydrogen-bond donors (Lipinski definition) is 0. The lowest BCUT2D eigenvalue weighted by atomic mass is 9.93. The van der Waals surface area contributed by atoms with Crippen molar-refractivity contribution in [1.82, 2.24) is 15.0 Å². The highest BCUT2D eigenvalue weighted by molar-refractivity contribution is 7.26. The number of furan rings is 1. The van der Waals surface area contributed by atoms with E-state index in [2.05, 4.69) is 138 Å². The number of benzene rings is 7. The molecule has 0 aliphatic rings. The zero-order chi connectivity index (χ0) is 37.0. The smallest absolute Gasteiger partial charge is 0.161 e. The molecule has 11 rings (SSSR count). The fourth-order valence-corrected chi connectivity index (χ4v) is 9.22. The van der Waals surface area contributed by atoms with Crippen LogP contribution in [0.15, 0.2) is 193 Å². The maximum Gasteiger partial charge on any atom is 0.161 e. The lowest BCUT2D eigenvalue weighted by molar-refractivity contribution is 0.670. The fourth-order valence-electron chi connectivity index (χ4n) is 7.98. The highest BCUT2D eigenvalue weighted by Crippen LogP contribution is 2.46. The van der Waals surface area contributed by atoms with Gasteiger partial charge in [0.15, 0.2) is 5.82 Å². The van der Waals surface area contributed by atoms with Gasteiger partial charge in [-0.3, -0.25) is 4.98 Å². The average Bonchev–Trinajstić information content (AvgIpc) is 3.86. The van der Waals surface area contributed by atoms with E-state index in [-0.39, 0.29) is 0 Å². The molecule has 0 unspecified atom stereocenters. The van der Waals surface area contributed by atoms with Crippen LogP contribution >= 0.6 is 11.3 Å². The van der Waals surface area contributed by atoms with E-state index in [1.54, 1.807) is 6.20 Å². The number of pyridine rings is 1. The molecule has 0 radical (unpaired) electrons. The maximum absolute atomic E-state index is 6.75. The van der Waals surface area contributed by atoms with E-state index in [9.17, 15) is 0 Å². The maximum atomic E-state index is 6.75. The second kappa shape index (κ2) is 13.3. The molecule has 5 heteroatoms. The molecule has 0 saturated carbocycles. The molecule has 0 aliphatic heterocycles. The summed E-state index contributed by atoms with van der Waals surface area (Å²) in [5.74, 6) is 0.667. The number of para-hydroxylation sites is 1. The number of thiophene rings is 1. The molecular formula is C51H31N3OS. The summed E-state index contributed by atoms with van der Waals surface area (Å²) in [6.07, 6.45) is 3.68. The van der Waals surface area contributed by atoms with Crippen LogP contribution in [0.25, 0.3) is 109 Å². The highest BCUT2D eigenvalue weighted by atomic mass is 32.1. The predicted molar refractivity (Wildman–Crippen MR) is 233 cm³/mol. The Balaban J connectivity index is 1.05. The third kappa shape index (κ3) is 5.40. The van der Waals surface area contributed by atoms with Gasteiger partial charge in [-0.05, 0) is 47.0 Å². The largest absolute Gasteiger partial charge is 0.455 e. The van der Waals surface area contributed by atoms with E-state index in [0.29, 0.717) is 5.82 Å². The predicted octanol–water partition coefficient (Wildman–Crippen LogP) is 14.1. The van der Waals surface area contributed by atoms with Crippen LogP contribution in [-0.4, -0.2) is 15.0 Å². The van der Waals surface area contributed by atoms with Gasteiger partial charge < -0.3 is 4.42 Å². The molecule has 4 aromatic heterocycles. The van der Waals surface area contributed by atoms with Crippen molar-refractivity contribution in [3.05, 3.63) is 188 Å². The van der Waals surface area contributed by atoms with Crippen molar-refractivity contribution < 1.29 is 4.42 Å². The van der Waals surface area contributed by atoms with Crippen LogP contribution in [0.3, 0.4) is 0 Å². The van der Waals surface area contributed by atoms with Crippen molar-refractivity contribution in [2.75, 3.05) is 0 Å². The van der Waals surface area contributed by atoms with Crippen LogP contribution in [0.2, 0.25) is 0 Å². The number of nitrogens with zero attached hydrogens (tertiary/aromatic N) is 3. The SMILES string of the molecule is c1ccc(-c2cc(-c3ccc(-c4ccc(-c5cccc6c5sc5ccccc56)c5oc6ccccc6c45)cc3)nc(-c3ccccc3-c3cccnc3)n2)cc1. The molecule has 4 heterocycles. The van der Waals surface area contributed by atoms with Crippen LogP contribution in [0.1, 0.15) is 0 Å². The van der Waals surface area contributed by atoms with E-state index in [4.69, 9.17) is 14.4 Å². The number of aromatic nitrogens is 3. The second-order valence-corrected chi connectivity index (χ2v) is 15.0. The summed E-state index contributed by atoms with van der Waals surface area (Å²) >= 11 is 1.84. The summed E-state index contributed by atoms with van der Waals surface area (Å²) in [5, 5.41) is 4.78. The molecule has 262 valence electrons. The molecule has 0 saturated heterocycles. The van der Waals surface area contributed by atoms with E-state index in [1.165, 1.54) is 25.7 Å². The molecule has 0 atom stereocenters. The van der Waals surface area contributed by atoms with Gasteiger partial charge in [-0.1, -0.05) is 146 Å². The summed E-state index contributed by atoms with van der Waals surface area (Å²) in [7, 11) is 0. The minimum absolute atomic E-state index is 0.667. The Morgan fingerprint density at radius 2 is 1.07 bits per heavy atom. The first kappa shape index (κ1) is 32.2. The molecule has 0 bridgehead atoms. The number of rotatable bonds is 6. The number of fused-ring (bicyclic) bond motifs is 6. The molecule has 7 aromatic carbocycles. The van der Waals surface area contributed by atoms with Gasteiger partial charge in [-0.2, -0.15) is 0 Å². The van der Waals surface area contributed by atoms with Gasteiger partial charge in [0.1, 0.15) is 11.2 Å². The lowest BCUT2D eigenvalue weighted by Crippen LogP contribution is -1.97. The summed E-state index contributed by atoms with van der Waals surface area (Å²) in [6, 6.07) is 61.6. The van der Waals surface area contributed by atoms with Crippen molar-refractivity contribution in [3.63, 3.8) is 0 Å². The summed E-state index contributed by atoms with van der Waals surface area (Å²) in [5.41, 5.74) is 13.1. The molecular weight excluding hydrogens is 703 g/mol. The van der Waals surface area contributed by atoms with Gasteiger partial charge in [0.2, 0.25) is 0 Å². The Bertz CT molecular complexity index is 3240. The zero-order valence-corrected chi connectivity index (χ0v) is 30.9. The van der Waals surface area contributed by atoms with Gasteiger partial charge in [-0.25, -0.2) is 9.97 Å². The number of hydrogen-bond acceptors (Lipinski definition) is 5. The van der Waals surface area contributed by atoms with Crippen molar-refractivity contribution in [2.24, 2.45) is 0 Å². The van der Waals surface area contributed by atoms with E-state index in [0.717, 1.165) is 77.8 Å². The Labute approximate surface area is 327 Å². The second-order valence-electron chi connectivity index (χ2n) is 13.9. The minimum atomic E-state index is 0.667. The molecule has 11 aromatic rings. The van der Waals surface area contributed by atoms with Crippen molar-refractivity contribution in [3.8, 4) is 67.3 Å². The third-order valence-corrected chi connectivity index (χ3v) is 11.9. The lowest BCUT2D eigenvalue weighted by Gasteiger charge is -2.13. The molecule has 56 heavy (non-hydrogen) atoms. The van der Waals surface area contributed by atoms with Gasteiger partial charge in [-0.15, -0.1) is 11.3 Å². The van der Waals surface area contributed by atoms with Crippen LogP contribution in [0.4, 0.5) is 0 Å². The topological polar surface area (TPSA) is 51.8 Å². The highest BCUT2D eigenvalue weighted by Gasteiger charge is 2.20. The van der Waals surface area contributed by atoms with E-state index in [1.807, 2.05) is 60.0 Å². The molecule has 0 aliphatic carbocycles. The van der Waals surface area contributed by atoms with Gasteiger partial charge in [0.25, 0.3) is 0 Å². The van der Waals surface area contributed by atoms with Crippen LogP contribution in [0, 0.1) is 0 Å². The van der Waals surface area contributed by atoms with Gasteiger partial charge in [0, 0.05) is 76.7 Å². The summed E-state index contributed by atoms with van der Waals surface area (Å²) in [4.78, 5) is 14.7. The summed E-state index contributed by atoms with van der Waals surface area (Å²) in [6.45, 7) is 0. The fraction of sp³-hybridized carbons (Fsp3) is 0. The normalized spacial score (nSPS) is 11.6. The first-order valence-corrected chi connectivity index (χ1v) is 19.5. The minimum Gasteiger partial charge on any atom is -0.455 e. The first-order valence-electron chi connectivity index (χ1n) is 18.7. The van der Waals surface area contributed by atoms with E-state index < -0.39 is 0 Å².